The number of aromatic nitrogens is 3. The summed E-state index contributed by atoms with van der Waals surface area (Å²) in [5.41, 5.74) is 0.342. The van der Waals surface area contributed by atoms with Gasteiger partial charge in [0.1, 0.15) is 23.5 Å². The van der Waals surface area contributed by atoms with Gasteiger partial charge < -0.3 is 5.32 Å². The molecule has 3 rings (SSSR count). The Hall–Kier alpha value is -2.08. The number of rotatable bonds is 4. The lowest BCUT2D eigenvalue weighted by Crippen LogP contribution is -2.07. The van der Waals surface area contributed by atoms with E-state index in [9.17, 15) is 4.39 Å². The molecule has 0 aliphatic carbocycles. The quantitative estimate of drug-likeness (QED) is 0.794. The standard InChI is InChI=1S/C13H11FN4S/c14-10-3-1-2-9-12(10)17-8-18-13(9)16-5-4-11-15-6-7-19-11/h1-3,6-8H,4-5H2,(H,16,17,18). The summed E-state index contributed by atoms with van der Waals surface area (Å²) in [6.45, 7) is 0.705. The van der Waals surface area contributed by atoms with Crippen LogP contribution in [0.2, 0.25) is 0 Å². The van der Waals surface area contributed by atoms with Crippen molar-refractivity contribution in [1.82, 2.24) is 15.0 Å². The maximum atomic E-state index is 13.6. The first-order valence-electron chi connectivity index (χ1n) is 5.86. The minimum Gasteiger partial charge on any atom is -0.369 e. The molecule has 0 saturated heterocycles. The fourth-order valence-corrected chi connectivity index (χ4v) is 2.48. The second kappa shape index (κ2) is 5.27. The molecule has 4 nitrogen and oxygen atoms in total. The van der Waals surface area contributed by atoms with E-state index < -0.39 is 0 Å². The molecule has 0 saturated carbocycles. The van der Waals surface area contributed by atoms with E-state index in [0.29, 0.717) is 23.3 Å². The average molecular weight is 274 g/mol. The average Bonchev–Trinajstić information content (AvgIpc) is 2.93. The highest BCUT2D eigenvalue weighted by Crippen LogP contribution is 2.21. The van der Waals surface area contributed by atoms with Crippen LogP contribution in [0.4, 0.5) is 10.2 Å². The van der Waals surface area contributed by atoms with Crippen LogP contribution in [0.1, 0.15) is 5.01 Å². The second-order valence-corrected chi connectivity index (χ2v) is 4.94. The molecule has 0 unspecified atom stereocenters. The van der Waals surface area contributed by atoms with E-state index in [1.165, 1.54) is 12.4 Å². The molecule has 2 heterocycles. The number of nitrogens with zero attached hydrogens (tertiary/aromatic N) is 3. The Balaban J connectivity index is 1.79. The van der Waals surface area contributed by atoms with Gasteiger partial charge in [-0.25, -0.2) is 19.3 Å². The van der Waals surface area contributed by atoms with Crippen molar-refractivity contribution in [2.75, 3.05) is 11.9 Å². The summed E-state index contributed by atoms with van der Waals surface area (Å²) in [6, 6.07) is 4.87. The van der Waals surface area contributed by atoms with Crippen molar-refractivity contribution in [2.45, 2.75) is 6.42 Å². The van der Waals surface area contributed by atoms with Gasteiger partial charge >= 0.3 is 0 Å². The van der Waals surface area contributed by atoms with Crippen LogP contribution < -0.4 is 5.32 Å². The molecule has 6 heteroatoms. The Kier molecular flexibility index (Phi) is 3.33. The van der Waals surface area contributed by atoms with Crippen LogP contribution in [0.3, 0.4) is 0 Å². The van der Waals surface area contributed by atoms with Gasteiger partial charge in [-0.3, -0.25) is 0 Å². The lowest BCUT2D eigenvalue weighted by Gasteiger charge is -2.07. The molecule has 0 aliphatic heterocycles. The molecule has 2 aromatic heterocycles. The second-order valence-electron chi connectivity index (χ2n) is 3.96. The molecule has 1 aromatic carbocycles. The molecule has 19 heavy (non-hydrogen) atoms. The van der Waals surface area contributed by atoms with E-state index in [1.54, 1.807) is 23.6 Å². The van der Waals surface area contributed by atoms with Crippen molar-refractivity contribution < 1.29 is 4.39 Å². The summed E-state index contributed by atoms with van der Waals surface area (Å²) in [6.07, 6.45) is 3.98. The zero-order valence-electron chi connectivity index (χ0n) is 10.0. The van der Waals surface area contributed by atoms with E-state index in [-0.39, 0.29) is 5.82 Å². The number of benzene rings is 1. The first-order chi connectivity index (χ1) is 9.34. The Labute approximate surface area is 113 Å². The highest BCUT2D eigenvalue weighted by atomic mass is 32.1. The smallest absolute Gasteiger partial charge is 0.149 e. The predicted molar refractivity (Wildman–Crippen MR) is 73.8 cm³/mol. The summed E-state index contributed by atoms with van der Waals surface area (Å²) in [7, 11) is 0. The molecule has 1 N–H and O–H groups in total. The maximum Gasteiger partial charge on any atom is 0.149 e. The van der Waals surface area contributed by atoms with Gasteiger partial charge in [0, 0.05) is 29.9 Å². The number of fused-ring (bicyclic) bond motifs is 1. The summed E-state index contributed by atoms with van der Waals surface area (Å²) in [5.74, 6) is 0.323. The zero-order valence-corrected chi connectivity index (χ0v) is 10.8. The third-order valence-electron chi connectivity index (χ3n) is 2.73. The summed E-state index contributed by atoms with van der Waals surface area (Å²) in [5, 5.41) is 6.91. The lowest BCUT2D eigenvalue weighted by molar-refractivity contribution is 0.636. The van der Waals surface area contributed by atoms with E-state index in [1.807, 2.05) is 11.4 Å². The fourth-order valence-electron chi connectivity index (χ4n) is 1.86. The van der Waals surface area contributed by atoms with Crippen LogP contribution in [-0.2, 0) is 6.42 Å². The van der Waals surface area contributed by atoms with Crippen LogP contribution in [0, 0.1) is 5.82 Å². The Morgan fingerprint density at radius 3 is 3.00 bits per heavy atom. The van der Waals surface area contributed by atoms with Crippen LogP contribution in [-0.4, -0.2) is 21.5 Å². The SMILES string of the molecule is Fc1cccc2c(NCCc3nccs3)ncnc12. The Morgan fingerprint density at radius 2 is 2.16 bits per heavy atom. The lowest BCUT2D eigenvalue weighted by atomic mass is 10.2. The number of halogens is 1. The van der Waals surface area contributed by atoms with Gasteiger partial charge in [-0.15, -0.1) is 11.3 Å². The molecule has 0 atom stereocenters. The van der Waals surface area contributed by atoms with E-state index in [0.717, 1.165) is 11.4 Å². The van der Waals surface area contributed by atoms with E-state index in [4.69, 9.17) is 0 Å². The molecular formula is C13H11FN4S. The molecule has 96 valence electrons. The van der Waals surface area contributed by atoms with Crippen molar-refractivity contribution in [2.24, 2.45) is 0 Å². The number of hydrogen-bond donors (Lipinski definition) is 1. The van der Waals surface area contributed by atoms with Crippen molar-refractivity contribution in [1.29, 1.82) is 0 Å². The van der Waals surface area contributed by atoms with E-state index in [2.05, 4.69) is 20.3 Å². The topological polar surface area (TPSA) is 50.7 Å². The minimum atomic E-state index is -0.331. The molecule has 0 radical (unpaired) electrons. The van der Waals surface area contributed by atoms with Gasteiger partial charge in [-0.1, -0.05) is 6.07 Å². The van der Waals surface area contributed by atoms with Crippen molar-refractivity contribution in [3.05, 3.63) is 46.9 Å². The van der Waals surface area contributed by atoms with Crippen molar-refractivity contribution in [3.8, 4) is 0 Å². The normalized spacial score (nSPS) is 10.8. The first-order valence-corrected chi connectivity index (χ1v) is 6.74. The highest BCUT2D eigenvalue weighted by molar-refractivity contribution is 7.09. The zero-order chi connectivity index (χ0) is 13.1. The van der Waals surface area contributed by atoms with Crippen LogP contribution in [0.5, 0.6) is 0 Å². The maximum absolute atomic E-state index is 13.6. The molecular weight excluding hydrogens is 263 g/mol. The summed E-state index contributed by atoms with van der Waals surface area (Å²) >= 11 is 1.62. The van der Waals surface area contributed by atoms with Crippen molar-refractivity contribution in [3.63, 3.8) is 0 Å². The van der Waals surface area contributed by atoms with Gasteiger partial charge in [-0.2, -0.15) is 0 Å². The number of thiazole rings is 1. The van der Waals surface area contributed by atoms with Crippen LogP contribution in [0.15, 0.2) is 36.1 Å². The molecule has 0 amide bonds. The van der Waals surface area contributed by atoms with Gasteiger partial charge in [0.15, 0.2) is 0 Å². The third kappa shape index (κ3) is 2.53. The highest BCUT2D eigenvalue weighted by Gasteiger charge is 2.06. The predicted octanol–water partition coefficient (Wildman–Crippen LogP) is 2.88. The van der Waals surface area contributed by atoms with Crippen molar-refractivity contribution >= 4 is 28.1 Å². The third-order valence-corrected chi connectivity index (χ3v) is 3.57. The van der Waals surface area contributed by atoms with Crippen LogP contribution >= 0.6 is 11.3 Å². The molecule has 0 spiro atoms. The minimum absolute atomic E-state index is 0.331. The molecule has 3 aromatic rings. The van der Waals surface area contributed by atoms with Gasteiger partial charge in [0.25, 0.3) is 0 Å². The number of para-hydroxylation sites is 1. The summed E-state index contributed by atoms with van der Waals surface area (Å²) in [4.78, 5) is 12.3. The number of anilines is 1. The fraction of sp³-hybridized carbons (Fsp3) is 0.154. The molecule has 0 bridgehead atoms. The van der Waals surface area contributed by atoms with Gasteiger partial charge in [-0.05, 0) is 12.1 Å². The number of hydrogen-bond acceptors (Lipinski definition) is 5. The largest absolute Gasteiger partial charge is 0.369 e. The van der Waals surface area contributed by atoms with Gasteiger partial charge in [0.2, 0.25) is 0 Å². The molecule has 0 fully saturated rings. The first kappa shape index (κ1) is 12.0. The summed E-state index contributed by atoms with van der Waals surface area (Å²) < 4.78 is 13.6. The molecule has 0 aliphatic rings. The monoisotopic (exact) mass is 274 g/mol. The van der Waals surface area contributed by atoms with Gasteiger partial charge in [0.05, 0.1) is 5.01 Å². The Morgan fingerprint density at radius 1 is 1.21 bits per heavy atom. The number of nitrogens with one attached hydrogen (secondary N) is 1. The van der Waals surface area contributed by atoms with E-state index >= 15 is 0 Å². The van der Waals surface area contributed by atoms with Crippen LogP contribution in [0.25, 0.3) is 10.9 Å². The Bertz CT molecular complexity index is 684.